The monoisotopic (exact) mass is 68.0 g/mol. The molecule has 0 N–H and O–H groups in total. The Morgan fingerprint density at radius 2 is 2.25 bits per heavy atom. The molecule has 26 valence electrons. The molecule has 0 aliphatic heterocycles. The van der Waals surface area contributed by atoms with E-state index in [0.29, 0.717) is 0 Å². The van der Waals surface area contributed by atoms with Crippen molar-refractivity contribution in [3.8, 4) is 0 Å². The van der Waals surface area contributed by atoms with Crippen LogP contribution < -0.4 is 0 Å². The predicted octanol–water partition coefficient (Wildman–Crippen LogP) is 0.687. The molecule has 0 aliphatic rings. The molecule has 4 heavy (non-hydrogen) atoms. The first kappa shape index (κ1) is 2.08. The summed E-state index contributed by atoms with van der Waals surface area (Å²) >= 11 is 0. The Labute approximate surface area is 24.1 Å². The maximum Gasteiger partial charge on any atom is 0.0507 e. The van der Waals surface area contributed by atoms with E-state index in [9.17, 15) is 8.96 Å². The first-order chi connectivity index (χ1) is 2.27. The zero-order valence-electron chi connectivity index (χ0n) is 2.91. The first-order valence-electron chi connectivity index (χ1n) is 1.36. The third kappa shape index (κ3) is 37.8. The van der Waals surface area contributed by atoms with Gasteiger partial charge in [-0.3, -0.25) is 0 Å². The van der Waals surface area contributed by atoms with Crippen molar-refractivity contribution in [2.24, 2.45) is 0 Å². The topological polar surface area (TPSA) is 3.24 Å². The van der Waals surface area contributed by atoms with Crippen LogP contribution in [0.15, 0.2) is 0 Å². The van der Waals surface area contributed by atoms with E-state index in [1.165, 1.54) is 0 Å². The van der Waals surface area contributed by atoms with Crippen LogP contribution in [0.3, 0.4) is 0 Å². The van der Waals surface area contributed by atoms with Crippen molar-refractivity contribution in [2.75, 3.05) is 7.02 Å². The number of rotatable bonds is 0. The summed E-state index contributed by atoms with van der Waals surface area (Å²) in [4.78, 5) is 0. The van der Waals surface area contributed by atoms with Crippen LogP contribution in [0, 0.1) is 0 Å². The van der Waals surface area contributed by atoms with Crippen molar-refractivity contribution >= 4 is 0 Å². The summed E-state index contributed by atoms with van der Waals surface area (Å²) in [5.41, 5.74) is 0. The summed E-state index contributed by atoms with van der Waals surface area (Å²) in [6, 6.07) is 0. The minimum Gasteiger partial charge on any atom is -0.102 e. The van der Waals surface area contributed by atoms with Crippen molar-refractivity contribution in [1.29, 1.82) is 0 Å². The van der Waals surface area contributed by atoms with Gasteiger partial charge in [0, 0.05) is 6.71 Å². The summed E-state index contributed by atoms with van der Waals surface area (Å²) in [6.45, 7) is 0. The first-order valence-corrected chi connectivity index (χ1v) is 0.654. The van der Waals surface area contributed by atoms with Crippen LogP contribution in [0.5, 0.6) is 0 Å². The number of hydrogen-bond donors (Lipinski definition) is 0. The standard InChI is InChI=1S/CH3F2N/c1-4(2)3/h1H3/i1D. The lowest BCUT2D eigenvalue weighted by molar-refractivity contribution is -0.126. The van der Waals surface area contributed by atoms with E-state index < -0.39 is 12.4 Å². The van der Waals surface area contributed by atoms with Crippen LogP contribution in [-0.4, -0.2) is 12.4 Å². The molecule has 0 radical (unpaired) electrons. The molecule has 0 aromatic rings. The lowest BCUT2D eigenvalue weighted by Gasteiger charge is -1.75. The Hall–Kier alpha value is -0.180. The Morgan fingerprint density at radius 3 is 2.25 bits per heavy atom. The molecule has 0 saturated carbocycles. The Balaban J connectivity index is 2.54. The fourth-order valence-electron chi connectivity index (χ4n) is 0. The zero-order valence-corrected chi connectivity index (χ0v) is 1.91. The molecule has 0 amide bonds. The molecule has 3 heteroatoms. The van der Waals surface area contributed by atoms with Gasteiger partial charge >= 0.3 is 0 Å². The maximum atomic E-state index is 10.4. The van der Waals surface area contributed by atoms with E-state index in [0.717, 1.165) is 0 Å². The van der Waals surface area contributed by atoms with Gasteiger partial charge < -0.3 is 0 Å². The summed E-state index contributed by atoms with van der Waals surface area (Å²) in [5.74, 6) is 0. The molecule has 0 unspecified atom stereocenters. The second kappa shape index (κ2) is 1.17. The normalized spacial score (nSPS) is 12.2. The van der Waals surface area contributed by atoms with Crippen molar-refractivity contribution < 1.29 is 10.3 Å². The highest BCUT2D eigenvalue weighted by Gasteiger charge is 1.72. The van der Waals surface area contributed by atoms with Crippen LogP contribution in [0.25, 0.3) is 0 Å². The van der Waals surface area contributed by atoms with Gasteiger partial charge in [-0.15, -0.1) is 8.96 Å². The molecule has 0 atom stereocenters. The van der Waals surface area contributed by atoms with Gasteiger partial charge in [0.25, 0.3) is 0 Å². The van der Waals surface area contributed by atoms with Crippen LogP contribution in [0.4, 0.5) is 8.96 Å². The second-order valence-electron chi connectivity index (χ2n) is 0.303. The summed E-state index contributed by atoms with van der Waals surface area (Å²) in [6.07, 6.45) is 0. The average Bonchev–Trinajstić information content (AvgIpc) is 1.38. The summed E-state index contributed by atoms with van der Waals surface area (Å²) in [5, 5.41) is -1.21. The van der Waals surface area contributed by atoms with Crippen molar-refractivity contribution in [3.63, 3.8) is 0 Å². The lowest BCUT2D eigenvalue weighted by Crippen LogP contribution is -1.82. The summed E-state index contributed by atoms with van der Waals surface area (Å²) < 4.78 is 26.7. The molecule has 0 fully saturated rings. The van der Waals surface area contributed by atoms with E-state index in [-0.39, 0.29) is 0 Å². The Bertz CT molecular complexity index is 23.6. The Kier molecular flexibility index (Phi) is 0.611. The molecule has 0 saturated heterocycles. The molecule has 0 bridgehead atoms. The fraction of sp³-hybridized carbons (Fsp3) is 1.00. The largest absolute Gasteiger partial charge is 0.102 e. The molecule has 1 nitrogen and oxygen atoms in total. The van der Waals surface area contributed by atoms with Gasteiger partial charge in [0.1, 0.15) is 0 Å². The van der Waals surface area contributed by atoms with Gasteiger partial charge in [-0.1, -0.05) is 0 Å². The van der Waals surface area contributed by atoms with Crippen LogP contribution in [0.2, 0.25) is 0 Å². The van der Waals surface area contributed by atoms with Crippen molar-refractivity contribution in [3.05, 3.63) is 0 Å². The molecule has 0 rings (SSSR count). The van der Waals surface area contributed by atoms with E-state index in [1.807, 2.05) is 0 Å². The SMILES string of the molecule is [2H]CN(F)F. The third-order valence-electron chi connectivity index (χ3n) is 0. The predicted molar refractivity (Wildman–Crippen MR) is 9.98 cm³/mol. The molecule has 0 heterocycles. The fourth-order valence-corrected chi connectivity index (χ4v) is 0. The van der Waals surface area contributed by atoms with E-state index in [4.69, 9.17) is 1.37 Å². The highest BCUT2D eigenvalue weighted by molar-refractivity contribution is 3.69. The molecule has 0 aromatic heterocycles. The lowest BCUT2D eigenvalue weighted by atomic mass is 11.6. The van der Waals surface area contributed by atoms with Gasteiger partial charge in [0.2, 0.25) is 0 Å². The van der Waals surface area contributed by atoms with Crippen molar-refractivity contribution in [1.82, 2.24) is 5.34 Å². The van der Waals surface area contributed by atoms with Gasteiger partial charge in [-0.05, 0) is 0 Å². The smallest absolute Gasteiger partial charge is 0.0507 e. The quantitative estimate of drug-likeness (QED) is 0.377. The second-order valence-corrected chi connectivity index (χ2v) is 0.303. The zero-order chi connectivity index (χ0) is 4.28. The number of halogens is 2. The van der Waals surface area contributed by atoms with Gasteiger partial charge in [-0.25, -0.2) is 0 Å². The minimum absolute atomic E-state index is 0.944. The van der Waals surface area contributed by atoms with Crippen LogP contribution >= 0.6 is 0 Å². The van der Waals surface area contributed by atoms with Gasteiger partial charge in [0.05, 0.1) is 7.02 Å². The van der Waals surface area contributed by atoms with Crippen LogP contribution in [0.1, 0.15) is 1.37 Å². The molecule has 0 aromatic carbocycles. The molecular formula is CH3F2N. The van der Waals surface area contributed by atoms with Gasteiger partial charge in [-0.2, -0.15) is 0 Å². The molecule has 0 spiro atoms. The van der Waals surface area contributed by atoms with Gasteiger partial charge in [0.15, 0.2) is 0 Å². The van der Waals surface area contributed by atoms with Crippen LogP contribution in [-0.2, 0) is 0 Å². The highest BCUT2D eigenvalue weighted by atomic mass is 19.4. The van der Waals surface area contributed by atoms with E-state index in [1.54, 1.807) is 0 Å². The van der Waals surface area contributed by atoms with E-state index in [2.05, 4.69) is 0 Å². The minimum atomic E-state index is -1.21. The number of hydrogen-bond acceptors (Lipinski definition) is 1. The maximum absolute atomic E-state index is 10.4. The third-order valence-corrected chi connectivity index (χ3v) is 0. The van der Waals surface area contributed by atoms with Crippen molar-refractivity contribution in [2.45, 2.75) is 0 Å². The van der Waals surface area contributed by atoms with E-state index >= 15 is 0 Å². The average molecular weight is 68.0 g/mol. The molecule has 0 aliphatic carbocycles. The number of nitrogens with zero attached hydrogens (tertiary/aromatic N) is 1. The highest BCUT2D eigenvalue weighted by Crippen LogP contribution is 1.73. The Morgan fingerprint density at radius 1 is 2.00 bits per heavy atom. The summed E-state index contributed by atoms with van der Waals surface area (Å²) in [7, 11) is -0.944. The molecular weight excluding hydrogens is 64.0 g/mol.